The van der Waals surface area contributed by atoms with Gasteiger partial charge < -0.3 is 15.4 Å². The number of hydrogen-bond acceptors (Lipinski definition) is 3. The highest BCUT2D eigenvalue weighted by atomic mass is 16.5. The Kier molecular flexibility index (Phi) is 4.85. The molecule has 1 saturated heterocycles. The van der Waals surface area contributed by atoms with Crippen LogP contribution in [0.2, 0.25) is 0 Å². The van der Waals surface area contributed by atoms with Crippen molar-refractivity contribution in [3.63, 3.8) is 0 Å². The average molecular weight is 268 g/mol. The van der Waals surface area contributed by atoms with E-state index in [1.165, 1.54) is 0 Å². The highest BCUT2D eigenvalue weighted by molar-refractivity contribution is 5.82. The minimum absolute atomic E-state index is 0.283. The second-order valence-corrected chi connectivity index (χ2v) is 6.30. The predicted molar refractivity (Wildman–Crippen MR) is 75.7 cm³/mol. The summed E-state index contributed by atoms with van der Waals surface area (Å²) < 4.78 is 5.77. The third kappa shape index (κ3) is 3.48. The number of hydrogen-bond donors (Lipinski definition) is 1. The van der Waals surface area contributed by atoms with E-state index in [-0.39, 0.29) is 11.3 Å². The van der Waals surface area contributed by atoms with Crippen molar-refractivity contribution in [3.8, 4) is 0 Å². The SMILES string of the molecule is CC[C@@]1(C)C[C@@H]1C(=O)N1CCC(OCCCN)CC1. The molecule has 2 rings (SSSR count). The molecule has 1 aliphatic heterocycles. The lowest BCUT2D eigenvalue weighted by Crippen LogP contribution is -2.42. The number of ether oxygens (including phenoxy) is 1. The standard InChI is InChI=1S/C15H28N2O2/c1-3-15(2)11-13(15)14(18)17-8-5-12(6-9-17)19-10-4-7-16/h12-13H,3-11,16H2,1-2H3/t13-,15+/m1/s1. The van der Waals surface area contributed by atoms with E-state index < -0.39 is 0 Å². The van der Waals surface area contributed by atoms with E-state index in [4.69, 9.17) is 10.5 Å². The molecule has 0 aromatic carbocycles. The Bertz CT molecular complexity index is 313. The van der Waals surface area contributed by atoms with Crippen LogP contribution < -0.4 is 5.73 Å². The molecule has 2 N–H and O–H groups in total. The lowest BCUT2D eigenvalue weighted by molar-refractivity contribution is -0.136. The summed E-state index contributed by atoms with van der Waals surface area (Å²) in [4.78, 5) is 14.4. The fourth-order valence-electron chi connectivity index (χ4n) is 2.98. The van der Waals surface area contributed by atoms with Crippen molar-refractivity contribution in [1.82, 2.24) is 4.90 Å². The van der Waals surface area contributed by atoms with Gasteiger partial charge >= 0.3 is 0 Å². The first kappa shape index (κ1) is 14.8. The summed E-state index contributed by atoms with van der Waals surface area (Å²) in [6.45, 7) is 7.59. The monoisotopic (exact) mass is 268 g/mol. The lowest BCUT2D eigenvalue weighted by atomic mass is 10.0. The molecule has 0 spiro atoms. The molecule has 0 bridgehead atoms. The van der Waals surface area contributed by atoms with Crippen LogP contribution in [0.1, 0.15) is 46.0 Å². The zero-order chi connectivity index (χ0) is 13.9. The van der Waals surface area contributed by atoms with Gasteiger partial charge in [0.2, 0.25) is 5.91 Å². The Hall–Kier alpha value is -0.610. The van der Waals surface area contributed by atoms with Crippen LogP contribution in [0.25, 0.3) is 0 Å². The smallest absolute Gasteiger partial charge is 0.226 e. The van der Waals surface area contributed by atoms with Gasteiger partial charge in [-0.25, -0.2) is 0 Å². The number of nitrogens with two attached hydrogens (primary N) is 1. The molecule has 1 heterocycles. The van der Waals surface area contributed by atoms with Crippen LogP contribution >= 0.6 is 0 Å². The minimum atomic E-state index is 0.283. The fourth-order valence-corrected chi connectivity index (χ4v) is 2.98. The van der Waals surface area contributed by atoms with Gasteiger partial charge in [0.15, 0.2) is 0 Å². The van der Waals surface area contributed by atoms with E-state index in [0.717, 1.165) is 51.8 Å². The van der Waals surface area contributed by atoms with E-state index >= 15 is 0 Å². The van der Waals surface area contributed by atoms with Crippen molar-refractivity contribution in [3.05, 3.63) is 0 Å². The number of rotatable bonds is 6. The van der Waals surface area contributed by atoms with Crippen LogP contribution in [0, 0.1) is 11.3 Å². The molecular formula is C15H28N2O2. The van der Waals surface area contributed by atoms with Gasteiger partial charge in [-0.1, -0.05) is 13.8 Å². The normalized spacial score (nSPS) is 31.5. The van der Waals surface area contributed by atoms with E-state index in [1.807, 2.05) is 4.90 Å². The van der Waals surface area contributed by atoms with Gasteiger partial charge in [0.05, 0.1) is 6.10 Å². The quantitative estimate of drug-likeness (QED) is 0.747. The summed E-state index contributed by atoms with van der Waals surface area (Å²) >= 11 is 0. The summed E-state index contributed by atoms with van der Waals surface area (Å²) in [7, 11) is 0. The van der Waals surface area contributed by atoms with Crippen LogP contribution in [-0.2, 0) is 9.53 Å². The summed E-state index contributed by atoms with van der Waals surface area (Å²) in [5, 5.41) is 0. The van der Waals surface area contributed by atoms with Crippen LogP contribution in [-0.4, -0.2) is 43.2 Å². The maximum Gasteiger partial charge on any atom is 0.226 e. The van der Waals surface area contributed by atoms with E-state index in [9.17, 15) is 4.79 Å². The fraction of sp³-hybridized carbons (Fsp3) is 0.933. The van der Waals surface area contributed by atoms with Crippen molar-refractivity contribution in [1.29, 1.82) is 0 Å². The van der Waals surface area contributed by atoms with Crippen LogP contribution in [0.4, 0.5) is 0 Å². The molecule has 1 amide bonds. The molecule has 0 aromatic heterocycles. The molecule has 4 heteroatoms. The van der Waals surface area contributed by atoms with Gasteiger partial charge in [0, 0.05) is 25.6 Å². The second-order valence-electron chi connectivity index (χ2n) is 6.30. The summed E-state index contributed by atoms with van der Waals surface area (Å²) in [5.41, 5.74) is 5.74. The van der Waals surface area contributed by atoms with Crippen LogP contribution in [0.3, 0.4) is 0 Å². The Morgan fingerprint density at radius 3 is 2.63 bits per heavy atom. The number of carbonyl (C=O) groups excluding carboxylic acids is 1. The van der Waals surface area contributed by atoms with Gasteiger partial charge in [0.1, 0.15) is 0 Å². The number of likely N-dealkylation sites (tertiary alicyclic amines) is 1. The van der Waals surface area contributed by atoms with Crippen molar-refractivity contribution in [2.45, 2.75) is 52.1 Å². The molecular weight excluding hydrogens is 240 g/mol. The first-order chi connectivity index (χ1) is 9.10. The van der Waals surface area contributed by atoms with E-state index in [1.54, 1.807) is 0 Å². The third-order valence-electron chi connectivity index (χ3n) is 4.91. The second kappa shape index (κ2) is 6.23. The first-order valence-corrected chi connectivity index (χ1v) is 7.71. The van der Waals surface area contributed by atoms with E-state index in [2.05, 4.69) is 13.8 Å². The van der Waals surface area contributed by atoms with Crippen molar-refractivity contribution in [2.75, 3.05) is 26.2 Å². The molecule has 0 radical (unpaired) electrons. The topological polar surface area (TPSA) is 55.6 Å². The maximum atomic E-state index is 12.4. The van der Waals surface area contributed by atoms with Gasteiger partial charge in [-0.2, -0.15) is 0 Å². The Morgan fingerprint density at radius 2 is 2.11 bits per heavy atom. The molecule has 2 fully saturated rings. The molecule has 2 atom stereocenters. The Morgan fingerprint density at radius 1 is 1.42 bits per heavy atom. The van der Waals surface area contributed by atoms with Crippen molar-refractivity contribution >= 4 is 5.91 Å². The highest BCUT2D eigenvalue weighted by Crippen LogP contribution is 2.55. The summed E-state index contributed by atoms with van der Waals surface area (Å²) in [5.74, 6) is 0.664. The number of carbonyl (C=O) groups is 1. The Balaban J connectivity index is 1.70. The van der Waals surface area contributed by atoms with Gasteiger partial charge in [0.25, 0.3) is 0 Å². The summed E-state index contributed by atoms with van der Waals surface area (Å²) in [6.07, 6.45) is 5.40. The molecule has 4 nitrogen and oxygen atoms in total. The first-order valence-electron chi connectivity index (χ1n) is 7.71. The van der Waals surface area contributed by atoms with Crippen molar-refractivity contribution < 1.29 is 9.53 Å². The Labute approximate surface area is 116 Å². The molecule has 19 heavy (non-hydrogen) atoms. The maximum absolute atomic E-state index is 12.4. The lowest BCUT2D eigenvalue weighted by Gasteiger charge is -2.32. The molecule has 2 aliphatic rings. The molecule has 110 valence electrons. The number of amides is 1. The summed E-state index contributed by atoms with van der Waals surface area (Å²) in [6, 6.07) is 0. The van der Waals surface area contributed by atoms with Crippen LogP contribution in [0.15, 0.2) is 0 Å². The molecule has 1 aliphatic carbocycles. The minimum Gasteiger partial charge on any atom is -0.378 e. The molecule has 1 saturated carbocycles. The average Bonchev–Trinajstić information content (AvgIpc) is 3.12. The zero-order valence-electron chi connectivity index (χ0n) is 12.4. The third-order valence-corrected chi connectivity index (χ3v) is 4.91. The van der Waals surface area contributed by atoms with E-state index in [0.29, 0.717) is 18.6 Å². The number of nitrogens with zero attached hydrogens (tertiary/aromatic N) is 1. The molecule has 0 unspecified atom stereocenters. The number of piperidine rings is 1. The largest absolute Gasteiger partial charge is 0.378 e. The van der Waals surface area contributed by atoms with Crippen molar-refractivity contribution in [2.24, 2.45) is 17.1 Å². The zero-order valence-corrected chi connectivity index (χ0v) is 12.4. The molecule has 0 aromatic rings. The van der Waals surface area contributed by atoms with Gasteiger partial charge in [-0.05, 0) is 44.1 Å². The van der Waals surface area contributed by atoms with Crippen LogP contribution in [0.5, 0.6) is 0 Å². The van der Waals surface area contributed by atoms with Gasteiger partial charge in [-0.3, -0.25) is 4.79 Å². The van der Waals surface area contributed by atoms with Gasteiger partial charge in [-0.15, -0.1) is 0 Å². The predicted octanol–water partition coefficient (Wildman–Crippen LogP) is 1.78. The highest BCUT2D eigenvalue weighted by Gasteiger charge is 2.54.